The van der Waals surface area contributed by atoms with Crippen molar-refractivity contribution in [2.75, 3.05) is 0 Å². The predicted octanol–water partition coefficient (Wildman–Crippen LogP) is 2.46. The van der Waals surface area contributed by atoms with Gasteiger partial charge in [0.05, 0.1) is 13.8 Å². The van der Waals surface area contributed by atoms with Gasteiger partial charge >= 0.3 is 6.61 Å². The standard InChI is InChI=1S/C7H5Br2F2NO3S/c8-4-1-3(16(12,13)14)2-5(9)6(4)15-7(10)11/h1-2,7H,(H2,12,13,14). The summed E-state index contributed by atoms with van der Waals surface area (Å²) in [5.74, 6) is -0.192. The van der Waals surface area contributed by atoms with Crippen LogP contribution in [-0.4, -0.2) is 15.0 Å². The Morgan fingerprint density at radius 1 is 1.25 bits per heavy atom. The van der Waals surface area contributed by atoms with E-state index >= 15 is 0 Å². The number of ether oxygens (including phenoxy) is 1. The topological polar surface area (TPSA) is 69.4 Å². The molecule has 16 heavy (non-hydrogen) atoms. The van der Waals surface area contributed by atoms with Crippen LogP contribution in [0.15, 0.2) is 26.0 Å². The van der Waals surface area contributed by atoms with Gasteiger partial charge in [0.2, 0.25) is 10.0 Å². The summed E-state index contributed by atoms with van der Waals surface area (Å²) >= 11 is 5.82. The zero-order valence-electron chi connectivity index (χ0n) is 7.45. The highest BCUT2D eigenvalue weighted by Gasteiger charge is 2.17. The van der Waals surface area contributed by atoms with E-state index in [-0.39, 0.29) is 19.6 Å². The molecular formula is C7H5Br2F2NO3S. The van der Waals surface area contributed by atoms with Crippen LogP contribution in [0, 0.1) is 0 Å². The van der Waals surface area contributed by atoms with Crippen molar-refractivity contribution >= 4 is 41.9 Å². The Kier molecular flexibility index (Phi) is 4.27. The third-order valence-corrected chi connectivity index (χ3v) is 3.58. The second-order valence-corrected chi connectivity index (χ2v) is 5.91. The molecule has 90 valence electrons. The highest BCUT2D eigenvalue weighted by atomic mass is 79.9. The van der Waals surface area contributed by atoms with E-state index in [1.165, 1.54) is 0 Å². The average molecular weight is 381 g/mol. The minimum absolute atomic E-state index is 0.0613. The fourth-order valence-electron chi connectivity index (χ4n) is 0.903. The Labute approximate surface area is 107 Å². The van der Waals surface area contributed by atoms with Gasteiger partial charge in [-0.2, -0.15) is 8.78 Å². The fourth-order valence-corrected chi connectivity index (χ4v) is 3.14. The van der Waals surface area contributed by atoms with Crippen LogP contribution in [0.3, 0.4) is 0 Å². The quantitative estimate of drug-likeness (QED) is 0.875. The van der Waals surface area contributed by atoms with Crippen molar-refractivity contribution in [3.8, 4) is 5.75 Å². The lowest BCUT2D eigenvalue weighted by Gasteiger charge is -2.10. The zero-order chi connectivity index (χ0) is 12.5. The van der Waals surface area contributed by atoms with Crippen molar-refractivity contribution in [1.29, 1.82) is 0 Å². The van der Waals surface area contributed by atoms with E-state index in [9.17, 15) is 17.2 Å². The van der Waals surface area contributed by atoms with Crippen molar-refractivity contribution in [3.05, 3.63) is 21.1 Å². The molecule has 0 radical (unpaired) electrons. The number of hydrogen-bond donors (Lipinski definition) is 1. The van der Waals surface area contributed by atoms with Crippen LogP contribution in [0.25, 0.3) is 0 Å². The molecule has 2 N–H and O–H groups in total. The first kappa shape index (κ1) is 13.8. The molecule has 1 rings (SSSR count). The summed E-state index contributed by atoms with van der Waals surface area (Å²) in [6, 6.07) is 2.16. The summed E-state index contributed by atoms with van der Waals surface area (Å²) in [5, 5.41) is 4.89. The number of sulfonamides is 1. The lowest BCUT2D eigenvalue weighted by Crippen LogP contribution is -2.12. The summed E-state index contributed by atoms with van der Waals surface area (Å²) in [7, 11) is -3.90. The molecule has 0 saturated heterocycles. The van der Waals surface area contributed by atoms with Crippen LogP contribution < -0.4 is 9.88 Å². The normalized spacial score (nSPS) is 11.9. The van der Waals surface area contributed by atoms with Gasteiger partial charge in [0, 0.05) is 0 Å². The number of benzene rings is 1. The molecule has 9 heteroatoms. The Hall–Kier alpha value is -0.250. The summed E-state index contributed by atoms with van der Waals surface area (Å²) in [4.78, 5) is -0.215. The van der Waals surface area contributed by atoms with Crippen LogP contribution in [0.4, 0.5) is 8.78 Å². The Morgan fingerprint density at radius 3 is 2.00 bits per heavy atom. The van der Waals surface area contributed by atoms with E-state index in [1.807, 2.05) is 0 Å². The molecule has 0 unspecified atom stereocenters. The Balaban J connectivity index is 3.28. The SMILES string of the molecule is NS(=O)(=O)c1cc(Br)c(OC(F)F)c(Br)c1. The largest absolute Gasteiger partial charge is 0.432 e. The monoisotopic (exact) mass is 379 g/mol. The van der Waals surface area contributed by atoms with E-state index in [0.29, 0.717) is 0 Å². The smallest absolute Gasteiger partial charge is 0.387 e. The molecule has 0 saturated carbocycles. The van der Waals surface area contributed by atoms with Gasteiger partial charge in [-0.25, -0.2) is 13.6 Å². The Bertz CT molecular complexity index is 483. The molecule has 0 atom stereocenters. The van der Waals surface area contributed by atoms with Gasteiger partial charge in [0.1, 0.15) is 0 Å². The van der Waals surface area contributed by atoms with Crippen LogP contribution in [0.2, 0.25) is 0 Å². The van der Waals surface area contributed by atoms with Gasteiger partial charge in [0.25, 0.3) is 0 Å². The second-order valence-electron chi connectivity index (χ2n) is 2.64. The molecule has 0 spiro atoms. The van der Waals surface area contributed by atoms with Gasteiger partial charge in [-0.15, -0.1) is 0 Å². The number of rotatable bonds is 3. The van der Waals surface area contributed by atoms with E-state index in [0.717, 1.165) is 12.1 Å². The van der Waals surface area contributed by atoms with Crippen molar-refractivity contribution in [3.63, 3.8) is 0 Å². The number of hydrogen-bond acceptors (Lipinski definition) is 3. The highest BCUT2D eigenvalue weighted by molar-refractivity contribution is 9.11. The van der Waals surface area contributed by atoms with Crippen LogP contribution in [0.1, 0.15) is 0 Å². The third-order valence-electron chi connectivity index (χ3n) is 1.51. The first-order chi connectivity index (χ1) is 7.21. The molecule has 1 aromatic rings. The van der Waals surface area contributed by atoms with E-state index in [4.69, 9.17) is 5.14 Å². The van der Waals surface area contributed by atoms with E-state index in [2.05, 4.69) is 36.6 Å². The Morgan fingerprint density at radius 2 is 1.69 bits per heavy atom. The van der Waals surface area contributed by atoms with Gasteiger partial charge < -0.3 is 4.74 Å². The maximum atomic E-state index is 12.0. The summed E-state index contributed by atoms with van der Waals surface area (Å²) in [5.41, 5.74) is 0. The lowest BCUT2D eigenvalue weighted by molar-refractivity contribution is -0.0509. The van der Waals surface area contributed by atoms with Gasteiger partial charge in [0.15, 0.2) is 5.75 Å². The molecule has 0 fully saturated rings. The molecular weight excluding hydrogens is 376 g/mol. The van der Waals surface area contributed by atoms with Crippen LogP contribution in [-0.2, 0) is 10.0 Å². The summed E-state index contributed by atoms with van der Waals surface area (Å²) < 4.78 is 50.4. The number of nitrogens with two attached hydrogens (primary N) is 1. The van der Waals surface area contributed by atoms with Crippen LogP contribution >= 0.6 is 31.9 Å². The molecule has 1 aromatic carbocycles. The summed E-state index contributed by atoms with van der Waals surface area (Å²) in [6.07, 6.45) is 0. The zero-order valence-corrected chi connectivity index (χ0v) is 11.4. The van der Waals surface area contributed by atoms with E-state index in [1.54, 1.807) is 0 Å². The minimum atomic E-state index is -3.90. The van der Waals surface area contributed by atoms with Gasteiger partial charge in [-0.05, 0) is 44.0 Å². The maximum absolute atomic E-state index is 12.0. The third kappa shape index (κ3) is 3.37. The molecule has 0 heterocycles. The van der Waals surface area contributed by atoms with Gasteiger partial charge in [-0.1, -0.05) is 0 Å². The molecule has 0 bridgehead atoms. The number of halogens is 4. The van der Waals surface area contributed by atoms with Crippen LogP contribution in [0.5, 0.6) is 5.75 Å². The molecule has 0 aliphatic heterocycles. The predicted molar refractivity (Wildman–Crippen MR) is 59.8 cm³/mol. The molecule has 0 aliphatic rings. The van der Waals surface area contributed by atoms with Crippen molar-refractivity contribution in [2.45, 2.75) is 11.5 Å². The first-order valence-electron chi connectivity index (χ1n) is 3.68. The molecule has 4 nitrogen and oxygen atoms in total. The first-order valence-corrected chi connectivity index (χ1v) is 6.81. The highest BCUT2D eigenvalue weighted by Crippen LogP contribution is 2.36. The molecule has 0 aromatic heterocycles. The average Bonchev–Trinajstić information content (AvgIpc) is 2.09. The van der Waals surface area contributed by atoms with E-state index < -0.39 is 16.6 Å². The van der Waals surface area contributed by atoms with Crippen molar-refractivity contribution in [1.82, 2.24) is 0 Å². The molecule has 0 aliphatic carbocycles. The maximum Gasteiger partial charge on any atom is 0.387 e. The number of alkyl halides is 2. The second kappa shape index (κ2) is 4.94. The molecule has 0 amide bonds. The number of primary sulfonamides is 1. The van der Waals surface area contributed by atoms with Gasteiger partial charge in [-0.3, -0.25) is 0 Å². The van der Waals surface area contributed by atoms with Crippen molar-refractivity contribution < 1.29 is 21.9 Å². The van der Waals surface area contributed by atoms with Crippen molar-refractivity contribution in [2.24, 2.45) is 5.14 Å². The summed E-state index contributed by atoms with van der Waals surface area (Å²) in [6.45, 7) is -3.01. The fraction of sp³-hybridized carbons (Fsp3) is 0.143. The minimum Gasteiger partial charge on any atom is -0.432 e. The lowest BCUT2D eigenvalue weighted by atomic mass is 10.3.